The van der Waals surface area contributed by atoms with Crippen LogP contribution < -0.4 is 0 Å². The SMILES string of the molecule is O=C1c2ccccc2C(=O)N1C[C@@H](CC(F)(F)F)[Se]C(F)(F)F. The monoisotopic (exact) mass is 405 g/mol. The number of hydrogen-bond donors (Lipinski definition) is 0. The van der Waals surface area contributed by atoms with Crippen molar-refractivity contribution in [3.8, 4) is 0 Å². The number of carbonyl (C=O) groups is 2. The molecular weight excluding hydrogens is 395 g/mol. The van der Waals surface area contributed by atoms with Crippen LogP contribution in [0.4, 0.5) is 26.3 Å². The molecule has 10 heteroatoms. The second kappa shape index (κ2) is 6.16. The quantitative estimate of drug-likeness (QED) is 0.439. The number of benzene rings is 1. The Kier molecular flexibility index (Phi) is 4.77. The van der Waals surface area contributed by atoms with Crippen molar-refractivity contribution < 1.29 is 35.9 Å². The van der Waals surface area contributed by atoms with Gasteiger partial charge in [-0.15, -0.1) is 0 Å². The van der Waals surface area contributed by atoms with Gasteiger partial charge in [-0.1, -0.05) is 0 Å². The van der Waals surface area contributed by atoms with E-state index in [9.17, 15) is 35.9 Å². The fourth-order valence-electron chi connectivity index (χ4n) is 2.20. The predicted octanol–water partition coefficient (Wildman–Crippen LogP) is 3.25. The van der Waals surface area contributed by atoms with Crippen LogP contribution in [0.5, 0.6) is 0 Å². The molecule has 0 aliphatic carbocycles. The van der Waals surface area contributed by atoms with Gasteiger partial charge in [0.25, 0.3) is 0 Å². The Morgan fingerprint density at radius 2 is 1.43 bits per heavy atom. The van der Waals surface area contributed by atoms with Crippen LogP contribution in [0.15, 0.2) is 24.3 Å². The zero-order valence-corrected chi connectivity index (χ0v) is 13.0. The average molecular weight is 404 g/mol. The molecule has 3 nitrogen and oxygen atoms in total. The topological polar surface area (TPSA) is 37.4 Å². The summed E-state index contributed by atoms with van der Waals surface area (Å²) in [5, 5.41) is -4.76. The Morgan fingerprint density at radius 3 is 1.83 bits per heavy atom. The summed E-state index contributed by atoms with van der Waals surface area (Å²) in [7, 11) is 0. The van der Waals surface area contributed by atoms with Crippen molar-refractivity contribution in [1.82, 2.24) is 4.90 Å². The third kappa shape index (κ3) is 4.48. The number of hydrogen-bond acceptors (Lipinski definition) is 2. The van der Waals surface area contributed by atoms with E-state index in [4.69, 9.17) is 0 Å². The predicted molar refractivity (Wildman–Crippen MR) is 68.0 cm³/mol. The van der Waals surface area contributed by atoms with Gasteiger partial charge in [0, 0.05) is 0 Å². The number of fused-ring (bicyclic) bond motifs is 1. The van der Waals surface area contributed by atoms with Gasteiger partial charge in [0.05, 0.1) is 0 Å². The molecule has 2 rings (SSSR count). The number of nitrogens with zero attached hydrogens (tertiary/aromatic N) is 1. The number of amides is 2. The number of halogens is 6. The van der Waals surface area contributed by atoms with Crippen molar-refractivity contribution in [3.05, 3.63) is 35.4 Å². The molecule has 0 aromatic heterocycles. The standard InChI is InChI=1S/C13H9F6NO2Se/c14-12(15,16)5-7(23-13(17,18)19)6-20-10(21)8-3-1-2-4-9(8)11(20)22/h1-4,7H,5-6H2/t7-/m1/s1. The fraction of sp³-hybridized carbons (Fsp3) is 0.385. The molecule has 1 heterocycles. The Hall–Kier alpha value is -1.54. The molecule has 1 aliphatic heterocycles. The van der Waals surface area contributed by atoms with Crippen LogP contribution in [0.3, 0.4) is 0 Å². The average Bonchev–Trinajstić information content (AvgIpc) is 2.61. The van der Waals surface area contributed by atoms with Crippen LogP contribution in [0, 0.1) is 0 Å². The van der Waals surface area contributed by atoms with E-state index in [-0.39, 0.29) is 11.1 Å². The van der Waals surface area contributed by atoms with Gasteiger partial charge in [0.1, 0.15) is 0 Å². The summed E-state index contributed by atoms with van der Waals surface area (Å²) in [4.78, 5) is 22.6. The molecule has 2 amide bonds. The van der Waals surface area contributed by atoms with Gasteiger partial charge in [0.2, 0.25) is 0 Å². The Morgan fingerprint density at radius 1 is 0.957 bits per heavy atom. The van der Waals surface area contributed by atoms with E-state index in [1.54, 1.807) is 0 Å². The summed E-state index contributed by atoms with van der Waals surface area (Å²) < 4.78 is 74.9. The third-order valence-electron chi connectivity index (χ3n) is 3.02. The molecule has 0 radical (unpaired) electrons. The van der Waals surface area contributed by atoms with Gasteiger partial charge in [-0.05, 0) is 0 Å². The molecule has 0 unspecified atom stereocenters. The van der Waals surface area contributed by atoms with Crippen LogP contribution in [0.1, 0.15) is 27.1 Å². The zero-order valence-electron chi connectivity index (χ0n) is 11.2. The summed E-state index contributed by atoms with van der Waals surface area (Å²) in [5.74, 6) is -1.73. The van der Waals surface area contributed by atoms with Crippen molar-refractivity contribution in [3.63, 3.8) is 0 Å². The molecule has 1 aromatic rings. The first-order valence-electron chi connectivity index (χ1n) is 6.24. The number of carbonyl (C=O) groups excluding carboxylic acids is 2. The van der Waals surface area contributed by atoms with Crippen LogP contribution in [0.25, 0.3) is 0 Å². The van der Waals surface area contributed by atoms with E-state index in [0.717, 1.165) is 0 Å². The Labute approximate surface area is 132 Å². The van der Waals surface area contributed by atoms with Gasteiger partial charge < -0.3 is 0 Å². The van der Waals surface area contributed by atoms with E-state index in [1.807, 2.05) is 0 Å². The van der Waals surface area contributed by atoms with Gasteiger partial charge >= 0.3 is 132 Å². The first-order chi connectivity index (χ1) is 10.5. The molecule has 126 valence electrons. The van der Waals surface area contributed by atoms with Crippen molar-refractivity contribution in [2.75, 3.05) is 6.54 Å². The third-order valence-corrected chi connectivity index (χ3v) is 4.95. The van der Waals surface area contributed by atoms with Gasteiger partial charge in [-0.25, -0.2) is 0 Å². The van der Waals surface area contributed by atoms with Gasteiger partial charge in [0.15, 0.2) is 0 Å². The van der Waals surface area contributed by atoms with E-state index >= 15 is 0 Å². The molecule has 0 spiro atoms. The molecule has 1 aromatic carbocycles. The van der Waals surface area contributed by atoms with Crippen molar-refractivity contribution in [1.29, 1.82) is 0 Å². The molecule has 23 heavy (non-hydrogen) atoms. The van der Waals surface area contributed by atoms with E-state index in [0.29, 0.717) is 4.90 Å². The summed E-state index contributed by atoms with van der Waals surface area (Å²) >= 11 is -2.36. The maximum absolute atomic E-state index is 12.5. The molecular formula is C13H9F6NO2Se. The second-order valence-electron chi connectivity index (χ2n) is 4.77. The minimum absolute atomic E-state index is 0.0113. The Balaban J connectivity index is 2.20. The minimum atomic E-state index is -4.81. The molecule has 1 aliphatic rings. The summed E-state index contributed by atoms with van der Waals surface area (Å²) in [5.41, 5.74) is -0.0227. The fourth-order valence-corrected chi connectivity index (χ4v) is 4.03. The maximum atomic E-state index is 12.5. The van der Waals surface area contributed by atoms with Crippen LogP contribution >= 0.6 is 0 Å². The van der Waals surface area contributed by atoms with E-state index in [1.165, 1.54) is 24.3 Å². The molecule has 0 saturated heterocycles. The summed E-state index contributed by atoms with van der Waals surface area (Å²) in [6.45, 7) is -0.897. The normalized spacial score (nSPS) is 16.7. The number of imide groups is 1. The van der Waals surface area contributed by atoms with Crippen molar-refractivity contribution >= 4 is 26.8 Å². The summed E-state index contributed by atoms with van der Waals surface area (Å²) in [6.07, 6.45) is -6.50. The van der Waals surface area contributed by atoms with Crippen molar-refractivity contribution in [2.45, 2.75) is 22.5 Å². The summed E-state index contributed by atoms with van der Waals surface area (Å²) in [6, 6.07) is 5.53. The van der Waals surface area contributed by atoms with Gasteiger partial charge in [-0.3, -0.25) is 0 Å². The number of rotatable bonds is 4. The van der Waals surface area contributed by atoms with Crippen LogP contribution in [0.2, 0.25) is 4.82 Å². The van der Waals surface area contributed by atoms with Crippen LogP contribution in [-0.4, -0.2) is 49.5 Å². The molecule has 0 bridgehead atoms. The van der Waals surface area contributed by atoms with E-state index < -0.39 is 55.8 Å². The van der Waals surface area contributed by atoms with Crippen LogP contribution in [-0.2, 0) is 0 Å². The molecule has 0 fully saturated rings. The zero-order chi connectivity index (χ0) is 17.4. The molecule has 0 saturated carbocycles. The molecule has 1 atom stereocenters. The second-order valence-corrected chi connectivity index (χ2v) is 7.64. The molecule has 0 N–H and O–H groups in total. The van der Waals surface area contributed by atoms with Gasteiger partial charge in [-0.2, -0.15) is 0 Å². The number of alkyl halides is 6. The van der Waals surface area contributed by atoms with Crippen molar-refractivity contribution in [2.24, 2.45) is 0 Å². The first-order valence-corrected chi connectivity index (χ1v) is 8.09. The first kappa shape index (κ1) is 17.8. The van der Waals surface area contributed by atoms with E-state index in [2.05, 4.69) is 0 Å². The Bertz CT molecular complexity index is 577.